The summed E-state index contributed by atoms with van der Waals surface area (Å²) in [5.41, 5.74) is 5.23. The molecule has 10 heteroatoms. The lowest BCUT2D eigenvalue weighted by Gasteiger charge is -2.33. The fourth-order valence-corrected chi connectivity index (χ4v) is 6.40. The molecule has 5 rings (SSSR count). The Morgan fingerprint density at radius 2 is 2.05 bits per heavy atom. The maximum absolute atomic E-state index is 12.6. The van der Waals surface area contributed by atoms with Crippen LogP contribution in [-0.4, -0.2) is 65.7 Å². The zero-order valence-corrected chi connectivity index (χ0v) is 23.7. The predicted molar refractivity (Wildman–Crippen MR) is 157 cm³/mol. The SMILES string of the molecule is CCCc1cnc(N2CCC(OC3Nc4ccc(C5=CCN(C(=O)/C(=C/S)NC)CC5)cc4S3)CC2)nc1. The molecule has 3 aliphatic rings. The van der Waals surface area contributed by atoms with E-state index in [1.807, 2.05) is 17.3 Å². The summed E-state index contributed by atoms with van der Waals surface area (Å²) in [7, 11) is 1.74. The molecule has 0 saturated carbocycles. The summed E-state index contributed by atoms with van der Waals surface area (Å²) in [6.45, 7) is 5.27. The van der Waals surface area contributed by atoms with Crippen LogP contribution in [0.1, 0.15) is 43.7 Å². The van der Waals surface area contributed by atoms with E-state index in [1.165, 1.54) is 27.0 Å². The molecule has 0 bridgehead atoms. The van der Waals surface area contributed by atoms with Crippen LogP contribution < -0.4 is 15.5 Å². The normalized spacial score (nSPS) is 20.1. The van der Waals surface area contributed by atoms with Crippen molar-refractivity contribution in [1.29, 1.82) is 0 Å². The summed E-state index contributed by atoms with van der Waals surface area (Å²) in [6, 6.07) is 6.55. The summed E-state index contributed by atoms with van der Waals surface area (Å²) in [5, 5.41) is 7.96. The average Bonchev–Trinajstić information content (AvgIpc) is 3.36. The molecule has 38 heavy (non-hydrogen) atoms. The van der Waals surface area contributed by atoms with Crippen LogP contribution in [0.4, 0.5) is 11.6 Å². The van der Waals surface area contributed by atoms with Gasteiger partial charge in [0.25, 0.3) is 5.91 Å². The predicted octanol–water partition coefficient (Wildman–Crippen LogP) is 4.52. The van der Waals surface area contributed by atoms with E-state index in [0.29, 0.717) is 18.8 Å². The number of rotatable bonds is 8. The Bertz CT molecular complexity index is 1190. The largest absolute Gasteiger partial charge is 0.383 e. The molecule has 1 atom stereocenters. The highest BCUT2D eigenvalue weighted by molar-refractivity contribution is 8.00. The number of nitrogens with zero attached hydrogens (tertiary/aromatic N) is 4. The minimum Gasteiger partial charge on any atom is -0.383 e. The van der Waals surface area contributed by atoms with Gasteiger partial charge in [0.2, 0.25) is 5.95 Å². The van der Waals surface area contributed by atoms with Gasteiger partial charge in [0.1, 0.15) is 5.70 Å². The third-order valence-electron chi connectivity index (χ3n) is 7.26. The molecule has 1 aromatic heterocycles. The number of carbonyl (C=O) groups excluding carboxylic acids is 1. The van der Waals surface area contributed by atoms with E-state index in [1.54, 1.807) is 18.8 Å². The molecular weight excluding hydrogens is 516 g/mol. The quantitative estimate of drug-likeness (QED) is 0.326. The van der Waals surface area contributed by atoms with Crippen molar-refractivity contribution < 1.29 is 9.53 Å². The Morgan fingerprint density at radius 3 is 2.71 bits per heavy atom. The van der Waals surface area contributed by atoms with E-state index < -0.39 is 0 Å². The van der Waals surface area contributed by atoms with Crippen LogP contribution in [0.2, 0.25) is 0 Å². The monoisotopic (exact) mass is 552 g/mol. The van der Waals surface area contributed by atoms with Gasteiger partial charge in [-0.3, -0.25) is 4.79 Å². The number of benzene rings is 1. The second kappa shape index (κ2) is 12.4. The van der Waals surface area contributed by atoms with Crippen molar-refractivity contribution in [3.05, 3.63) is 58.9 Å². The number of amides is 1. The third-order valence-corrected chi connectivity index (χ3v) is 8.55. The van der Waals surface area contributed by atoms with Gasteiger partial charge in [0, 0.05) is 50.5 Å². The van der Waals surface area contributed by atoms with Gasteiger partial charge in [-0.1, -0.05) is 37.2 Å². The summed E-state index contributed by atoms with van der Waals surface area (Å²) >= 11 is 5.87. The summed E-state index contributed by atoms with van der Waals surface area (Å²) in [6.07, 6.45) is 11.2. The number of piperidine rings is 1. The molecule has 1 saturated heterocycles. The average molecular weight is 553 g/mol. The van der Waals surface area contributed by atoms with Gasteiger partial charge < -0.3 is 25.2 Å². The number of anilines is 2. The third kappa shape index (κ3) is 6.13. The number of aryl methyl sites for hydroxylation is 1. The molecule has 2 N–H and O–H groups in total. The highest BCUT2D eigenvalue weighted by Crippen LogP contribution is 2.41. The van der Waals surface area contributed by atoms with E-state index in [-0.39, 0.29) is 17.6 Å². The van der Waals surface area contributed by atoms with Crippen LogP contribution >= 0.6 is 24.4 Å². The molecule has 0 aliphatic carbocycles. The summed E-state index contributed by atoms with van der Waals surface area (Å²) < 4.78 is 6.45. The number of ether oxygens (including phenoxy) is 1. The Hall–Kier alpha value is -2.69. The molecular formula is C28H36N6O2S2. The lowest BCUT2D eigenvalue weighted by Crippen LogP contribution is -2.39. The van der Waals surface area contributed by atoms with Gasteiger partial charge in [0.15, 0.2) is 5.56 Å². The Balaban J connectivity index is 1.12. The van der Waals surface area contributed by atoms with Gasteiger partial charge in [-0.2, -0.15) is 0 Å². The standard InChI is InChI=1S/C28H36N6O2S2/c1-3-4-19-16-30-27(31-17-19)34-13-9-22(10-14-34)36-28-32-23-6-5-21(15-25(23)38-28)20-7-11-33(12-8-20)26(35)24(18-37)29-2/h5-7,15-18,22,28-29,32,37H,3-4,8-14H2,1-2H3/b24-18-. The fourth-order valence-electron chi connectivity index (χ4n) is 5.08. The van der Waals surface area contributed by atoms with Crippen LogP contribution in [0.25, 0.3) is 5.57 Å². The molecule has 3 aliphatic heterocycles. The minimum atomic E-state index is -0.0807. The van der Waals surface area contributed by atoms with Crippen molar-refractivity contribution >= 4 is 47.5 Å². The summed E-state index contributed by atoms with van der Waals surface area (Å²) in [5.74, 6) is 0.802. The van der Waals surface area contributed by atoms with E-state index in [4.69, 9.17) is 4.74 Å². The van der Waals surface area contributed by atoms with Gasteiger partial charge in [-0.05, 0) is 59.9 Å². The second-order valence-electron chi connectivity index (χ2n) is 9.79. The lowest BCUT2D eigenvalue weighted by atomic mass is 9.99. The lowest BCUT2D eigenvalue weighted by molar-refractivity contribution is -0.127. The Morgan fingerprint density at radius 1 is 1.26 bits per heavy atom. The first kappa shape index (κ1) is 26.9. The topological polar surface area (TPSA) is 82.6 Å². The molecule has 0 spiro atoms. The Kier molecular flexibility index (Phi) is 8.81. The first-order valence-electron chi connectivity index (χ1n) is 13.4. The molecule has 1 aromatic carbocycles. The van der Waals surface area contributed by atoms with E-state index in [0.717, 1.165) is 56.8 Å². The van der Waals surface area contributed by atoms with Crippen LogP contribution in [0.5, 0.6) is 0 Å². The van der Waals surface area contributed by atoms with E-state index >= 15 is 0 Å². The number of likely N-dealkylation sites (N-methyl/N-ethyl adjacent to an activating group) is 1. The van der Waals surface area contributed by atoms with E-state index in [2.05, 4.69) is 69.3 Å². The number of fused-ring (bicyclic) bond motifs is 1. The summed E-state index contributed by atoms with van der Waals surface area (Å²) in [4.78, 5) is 27.0. The number of carbonyl (C=O) groups is 1. The Labute approximate surface area is 234 Å². The highest BCUT2D eigenvalue weighted by atomic mass is 32.2. The van der Waals surface area contributed by atoms with Gasteiger partial charge >= 0.3 is 0 Å². The maximum Gasteiger partial charge on any atom is 0.270 e. The van der Waals surface area contributed by atoms with Gasteiger partial charge in [0.05, 0.1) is 11.8 Å². The number of thiol groups is 1. The molecule has 4 heterocycles. The van der Waals surface area contributed by atoms with E-state index in [9.17, 15) is 4.79 Å². The second-order valence-corrected chi connectivity index (χ2v) is 11.2. The molecule has 1 unspecified atom stereocenters. The molecule has 8 nitrogen and oxygen atoms in total. The number of thioether (sulfide) groups is 1. The van der Waals surface area contributed by atoms with Crippen LogP contribution in [0.3, 0.4) is 0 Å². The molecule has 202 valence electrons. The smallest absolute Gasteiger partial charge is 0.270 e. The van der Waals surface area contributed by atoms with Crippen molar-refractivity contribution in [1.82, 2.24) is 20.2 Å². The molecule has 1 amide bonds. The first-order valence-corrected chi connectivity index (χ1v) is 14.8. The molecule has 1 fully saturated rings. The first-order chi connectivity index (χ1) is 18.6. The molecule has 0 radical (unpaired) electrons. The van der Waals surface area contributed by atoms with Crippen molar-refractivity contribution in [3.63, 3.8) is 0 Å². The minimum absolute atomic E-state index is 0.0188. The number of hydrogen-bond acceptors (Lipinski definition) is 9. The van der Waals surface area contributed by atoms with Crippen molar-refractivity contribution in [2.24, 2.45) is 0 Å². The number of hydrogen-bond donors (Lipinski definition) is 3. The fraction of sp³-hybridized carbons (Fsp3) is 0.464. The maximum atomic E-state index is 12.6. The number of nitrogens with one attached hydrogen (secondary N) is 2. The van der Waals surface area contributed by atoms with Crippen molar-refractivity contribution in [2.45, 2.75) is 55.6 Å². The zero-order valence-electron chi connectivity index (χ0n) is 22.0. The van der Waals surface area contributed by atoms with Crippen molar-refractivity contribution in [2.75, 3.05) is 43.4 Å². The highest BCUT2D eigenvalue weighted by Gasteiger charge is 2.29. The van der Waals surface area contributed by atoms with Crippen LogP contribution in [0.15, 0.2) is 52.7 Å². The van der Waals surface area contributed by atoms with Crippen LogP contribution in [0, 0.1) is 0 Å². The van der Waals surface area contributed by atoms with Gasteiger partial charge in [-0.25, -0.2) is 9.97 Å². The van der Waals surface area contributed by atoms with Gasteiger partial charge in [-0.15, -0.1) is 12.6 Å². The van der Waals surface area contributed by atoms with Crippen LogP contribution in [-0.2, 0) is 16.0 Å². The zero-order chi connectivity index (χ0) is 26.5. The number of aromatic nitrogens is 2. The van der Waals surface area contributed by atoms with Crippen molar-refractivity contribution in [3.8, 4) is 0 Å². The molecule has 2 aromatic rings.